The van der Waals surface area contributed by atoms with E-state index in [1.807, 2.05) is 19.2 Å². The minimum absolute atomic E-state index is 0.210. The molecule has 4 heteroatoms. The summed E-state index contributed by atoms with van der Waals surface area (Å²) < 4.78 is 7.59. The van der Waals surface area contributed by atoms with Gasteiger partial charge in [0.15, 0.2) is 0 Å². The quantitative estimate of drug-likeness (QED) is 0.899. The topological polar surface area (TPSA) is 53.1 Å². The fourth-order valence-corrected chi connectivity index (χ4v) is 2.10. The number of hydrogen-bond donors (Lipinski definition) is 1. The van der Waals surface area contributed by atoms with Gasteiger partial charge in [0.2, 0.25) is 0 Å². The van der Waals surface area contributed by atoms with E-state index in [1.54, 1.807) is 7.11 Å². The fraction of sp³-hybridized carbons (Fsp3) is 0.500. The van der Waals surface area contributed by atoms with E-state index < -0.39 is 0 Å². The maximum absolute atomic E-state index is 5.75. The smallest absolute Gasteiger partial charge is 0.112 e. The van der Waals surface area contributed by atoms with Crippen molar-refractivity contribution in [2.45, 2.75) is 32.4 Å². The van der Waals surface area contributed by atoms with Gasteiger partial charge in [0.25, 0.3) is 0 Å². The maximum Gasteiger partial charge on any atom is 0.112 e. The molecule has 2 rings (SSSR count). The van der Waals surface area contributed by atoms with Gasteiger partial charge in [-0.15, -0.1) is 0 Å². The number of para-hydroxylation sites is 1. The first kappa shape index (κ1) is 13.1. The first-order valence-electron chi connectivity index (χ1n) is 6.17. The van der Waals surface area contributed by atoms with Crippen LogP contribution in [0, 0.1) is 0 Å². The summed E-state index contributed by atoms with van der Waals surface area (Å²) in [5.41, 5.74) is 8.76. The molecule has 98 valence electrons. The van der Waals surface area contributed by atoms with E-state index in [-0.39, 0.29) is 5.60 Å². The average molecular weight is 247 g/mol. The molecule has 0 saturated heterocycles. The third-order valence-corrected chi connectivity index (χ3v) is 3.44. The molecule has 0 amide bonds. The number of aromatic nitrogens is 2. The molecule has 0 aliphatic rings. The Morgan fingerprint density at radius 1 is 1.39 bits per heavy atom. The van der Waals surface area contributed by atoms with Gasteiger partial charge >= 0.3 is 0 Å². The standard InChI is InChI=1S/C14H21N3O/c1-14(2,18-4)8-12-16-13-10(9-15)6-5-7-11(13)17(12)3/h5-7H,8-9,15H2,1-4H3. The van der Waals surface area contributed by atoms with Gasteiger partial charge in [-0.25, -0.2) is 4.98 Å². The Labute approximate surface area is 108 Å². The molecule has 0 saturated carbocycles. The van der Waals surface area contributed by atoms with Crippen molar-refractivity contribution in [2.75, 3.05) is 7.11 Å². The number of nitrogens with zero attached hydrogens (tertiary/aromatic N) is 2. The molecular formula is C14H21N3O. The van der Waals surface area contributed by atoms with Crippen molar-refractivity contribution < 1.29 is 4.74 Å². The van der Waals surface area contributed by atoms with Crippen molar-refractivity contribution in [3.05, 3.63) is 29.6 Å². The van der Waals surface area contributed by atoms with Crippen LogP contribution in [0.2, 0.25) is 0 Å². The second kappa shape index (κ2) is 4.71. The molecule has 0 aliphatic carbocycles. The van der Waals surface area contributed by atoms with Crippen LogP contribution in [0.1, 0.15) is 25.2 Å². The van der Waals surface area contributed by atoms with Crippen LogP contribution in [0.5, 0.6) is 0 Å². The Morgan fingerprint density at radius 3 is 2.72 bits per heavy atom. The molecule has 2 aromatic rings. The van der Waals surface area contributed by atoms with Crippen LogP contribution in [0.3, 0.4) is 0 Å². The lowest BCUT2D eigenvalue weighted by molar-refractivity contribution is 0.0211. The largest absolute Gasteiger partial charge is 0.378 e. The molecular weight excluding hydrogens is 226 g/mol. The number of fused-ring (bicyclic) bond motifs is 1. The first-order chi connectivity index (χ1) is 8.48. The van der Waals surface area contributed by atoms with E-state index in [1.165, 1.54) is 0 Å². The molecule has 1 heterocycles. The van der Waals surface area contributed by atoms with Crippen LogP contribution < -0.4 is 5.73 Å². The third kappa shape index (κ3) is 2.26. The van der Waals surface area contributed by atoms with Crippen molar-refractivity contribution in [3.8, 4) is 0 Å². The van der Waals surface area contributed by atoms with Gasteiger partial charge in [0, 0.05) is 27.1 Å². The Morgan fingerprint density at radius 2 is 2.11 bits per heavy atom. The molecule has 0 atom stereocenters. The van der Waals surface area contributed by atoms with Crippen LogP contribution in [0.15, 0.2) is 18.2 Å². The zero-order chi connectivity index (χ0) is 13.3. The number of methoxy groups -OCH3 is 1. The molecule has 0 fully saturated rings. The highest BCUT2D eigenvalue weighted by molar-refractivity contribution is 5.79. The Balaban J connectivity index is 2.50. The van der Waals surface area contributed by atoms with Crippen LogP contribution in [0.4, 0.5) is 0 Å². The van der Waals surface area contributed by atoms with Gasteiger partial charge in [-0.3, -0.25) is 0 Å². The molecule has 0 unspecified atom stereocenters. The third-order valence-electron chi connectivity index (χ3n) is 3.44. The Bertz CT molecular complexity index is 557. The van der Waals surface area contributed by atoms with Gasteiger partial charge < -0.3 is 15.0 Å². The van der Waals surface area contributed by atoms with Crippen LogP contribution in [0.25, 0.3) is 11.0 Å². The first-order valence-corrected chi connectivity index (χ1v) is 6.17. The second-order valence-electron chi connectivity index (χ2n) is 5.22. The zero-order valence-corrected chi connectivity index (χ0v) is 11.5. The van der Waals surface area contributed by atoms with Gasteiger partial charge in [-0.2, -0.15) is 0 Å². The van der Waals surface area contributed by atoms with Crippen molar-refractivity contribution >= 4 is 11.0 Å². The summed E-state index contributed by atoms with van der Waals surface area (Å²) in [6.07, 6.45) is 0.776. The zero-order valence-electron chi connectivity index (χ0n) is 11.5. The molecule has 4 nitrogen and oxygen atoms in total. The number of aryl methyl sites for hydroxylation is 1. The lowest BCUT2D eigenvalue weighted by Gasteiger charge is -2.22. The summed E-state index contributed by atoms with van der Waals surface area (Å²) in [5, 5.41) is 0. The van der Waals surface area contributed by atoms with Crippen LogP contribution >= 0.6 is 0 Å². The highest BCUT2D eigenvalue weighted by Crippen LogP contribution is 2.22. The summed E-state index contributed by atoms with van der Waals surface area (Å²) in [7, 11) is 3.77. The minimum atomic E-state index is -0.210. The molecule has 2 N–H and O–H groups in total. The normalized spacial score (nSPS) is 12.3. The second-order valence-corrected chi connectivity index (χ2v) is 5.22. The number of benzene rings is 1. The van der Waals surface area contributed by atoms with Crippen molar-refractivity contribution in [1.82, 2.24) is 9.55 Å². The van der Waals surface area contributed by atoms with Crippen molar-refractivity contribution in [3.63, 3.8) is 0 Å². The molecule has 0 bridgehead atoms. The van der Waals surface area contributed by atoms with Gasteiger partial charge in [-0.05, 0) is 25.5 Å². The molecule has 0 spiro atoms. The van der Waals surface area contributed by atoms with Crippen LogP contribution in [-0.2, 0) is 24.8 Å². The molecule has 0 aliphatic heterocycles. The minimum Gasteiger partial charge on any atom is -0.378 e. The fourth-order valence-electron chi connectivity index (χ4n) is 2.10. The predicted molar refractivity (Wildman–Crippen MR) is 73.4 cm³/mol. The monoisotopic (exact) mass is 247 g/mol. The summed E-state index contributed by atoms with van der Waals surface area (Å²) >= 11 is 0. The van der Waals surface area contributed by atoms with Crippen molar-refractivity contribution in [1.29, 1.82) is 0 Å². The lowest BCUT2D eigenvalue weighted by Crippen LogP contribution is -2.27. The van der Waals surface area contributed by atoms with E-state index >= 15 is 0 Å². The van der Waals surface area contributed by atoms with E-state index in [4.69, 9.17) is 15.5 Å². The number of ether oxygens (including phenoxy) is 1. The summed E-state index contributed by atoms with van der Waals surface area (Å²) in [4.78, 5) is 4.72. The lowest BCUT2D eigenvalue weighted by atomic mass is 10.1. The van der Waals surface area contributed by atoms with Crippen molar-refractivity contribution in [2.24, 2.45) is 12.8 Å². The number of rotatable bonds is 4. The maximum atomic E-state index is 5.75. The highest BCUT2D eigenvalue weighted by Gasteiger charge is 2.21. The van der Waals surface area contributed by atoms with Gasteiger partial charge in [0.05, 0.1) is 16.6 Å². The van der Waals surface area contributed by atoms with E-state index in [9.17, 15) is 0 Å². The predicted octanol–water partition coefficient (Wildman–Crippen LogP) is 2.00. The summed E-state index contributed by atoms with van der Waals surface area (Å²) in [6.45, 7) is 4.65. The Hall–Kier alpha value is -1.39. The molecule has 18 heavy (non-hydrogen) atoms. The van der Waals surface area contributed by atoms with Gasteiger partial charge in [0.1, 0.15) is 5.82 Å². The summed E-state index contributed by atoms with van der Waals surface area (Å²) in [5.74, 6) is 1.03. The SMILES string of the molecule is COC(C)(C)Cc1nc2c(CN)cccc2n1C. The molecule has 0 radical (unpaired) electrons. The number of nitrogens with two attached hydrogens (primary N) is 1. The van der Waals surface area contributed by atoms with Crippen LogP contribution in [-0.4, -0.2) is 22.3 Å². The number of imidazole rings is 1. The summed E-state index contributed by atoms with van der Waals surface area (Å²) in [6, 6.07) is 6.13. The number of hydrogen-bond acceptors (Lipinski definition) is 3. The molecule has 1 aromatic carbocycles. The average Bonchev–Trinajstić information content (AvgIpc) is 2.66. The highest BCUT2D eigenvalue weighted by atomic mass is 16.5. The van der Waals surface area contributed by atoms with E-state index in [0.29, 0.717) is 6.54 Å². The van der Waals surface area contributed by atoms with Gasteiger partial charge in [-0.1, -0.05) is 12.1 Å². The van der Waals surface area contributed by atoms with E-state index in [0.717, 1.165) is 28.8 Å². The molecule has 1 aromatic heterocycles. The Kier molecular flexibility index (Phi) is 3.41. The van der Waals surface area contributed by atoms with E-state index in [2.05, 4.69) is 24.5 Å².